The van der Waals surface area contributed by atoms with Gasteiger partial charge in [0.25, 0.3) is 5.92 Å². The van der Waals surface area contributed by atoms with E-state index in [2.05, 4.69) is 0 Å². The molecule has 0 nitrogen and oxygen atoms in total. The van der Waals surface area contributed by atoms with Crippen molar-refractivity contribution in [2.75, 3.05) is 0 Å². The summed E-state index contributed by atoms with van der Waals surface area (Å²) in [4.78, 5) is 0. The SMILES string of the molecule is FC1(F)\C=C/C=C\C=C/C=C\1. The van der Waals surface area contributed by atoms with Gasteiger partial charge in [-0.05, 0) is 12.2 Å². The van der Waals surface area contributed by atoms with Gasteiger partial charge in [-0.15, -0.1) is 0 Å². The molecular weight excluding hydrogens is 146 g/mol. The van der Waals surface area contributed by atoms with Crippen LogP contribution in [-0.4, -0.2) is 5.92 Å². The first-order chi connectivity index (χ1) is 5.21. The first-order valence-corrected chi connectivity index (χ1v) is 3.29. The number of hydrogen-bond acceptors (Lipinski definition) is 0. The van der Waals surface area contributed by atoms with Gasteiger partial charge in [-0.1, -0.05) is 36.5 Å². The van der Waals surface area contributed by atoms with Crippen LogP contribution >= 0.6 is 0 Å². The lowest BCUT2D eigenvalue weighted by molar-refractivity contribution is 0.111. The third-order valence-corrected chi connectivity index (χ3v) is 1.19. The Morgan fingerprint density at radius 1 is 0.636 bits per heavy atom. The zero-order chi connectivity index (χ0) is 8.16. The van der Waals surface area contributed by atoms with Crippen LogP contribution in [0.15, 0.2) is 48.6 Å². The fraction of sp³-hybridized carbons (Fsp3) is 0.111. The molecule has 0 fully saturated rings. The standard InChI is InChI=1S/C9H8F2/c10-9(11)7-5-3-1-2-4-6-8-9/h1-8H/b3-1-,4-2-,7-5-,8-6-. The summed E-state index contributed by atoms with van der Waals surface area (Å²) in [5, 5.41) is 0. The van der Waals surface area contributed by atoms with Crippen molar-refractivity contribution in [1.82, 2.24) is 0 Å². The largest absolute Gasteiger partial charge is 0.285 e. The van der Waals surface area contributed by atoms with Crippen molar-refractivity contribution >= 4 is 0 Å². The van der Waals surface area contributed by atoms with E-state index in [0.29, 0.717) is 0 Å². The summed E-state index contributed by atoms with van der Waals surface area (Å²) in [6.45, 7) is 0. The second kappa shape index (κ2) is 3.28. The first kappa shape index (κ1) is 7.92. The quantitative estimate of drug-likeness (QED) is 0.503. The highest BCUT2D eigenvalue weighted by molar-refractivity contribution is 5.23. The zero-order valence-electron chi connectivity index (χ0n) is 5.87. The number of allylic oxidation sites excluding steroid dienone is 8. The maximum Gasteiger partial charge on any atom is 0.285 e. The van der Waals surface area contributed by atoms with Crippen LogP contribution in [0.3, 0.4) is 0 Å². The molecule has 2 heteroatoms. The van der Waals surface area contributed by atoms with Crippen molar-refractivity contribution in [3.63, 3.8) is 0 Å². The Hall–Kier alpha value is -1.18. The molecule has 0 saturated heterocycles. The topological polar surface area (TPSA) is 0 Å². The maximum atomic E-state index is 12.6. The van der Waals surface area contributed by atoms with Crippen molar-refractivity contribution in [1.29, 1.82) is 0 Å². The van der Waals surface area contributed by atoms with Gasteiger partial charge >= 0.3 is 0 Å². The van der Waals surface area contributed by atoms with Gasteiger partial charge in [-0.25, -0.2) is 0 Å². The Morgan fingerprint density at radius 2 is 1.00 bits per heavy atom. The average molecular weight is 154 g/mol. The molecule has 0 aromatic heterocycles. The normalized spacial score (nSPS) is 32.5. The Morgan fingerprint density at radius 3 is 1.45 bits per heavy atom. The van der Waals surface area contributed by atoms with E-state index in [1.807, 2.05) is 0 Å². The third-order valence-electron chi connectivity index (χ3n) is 1.19. The summed E-state index contributed by atoms with van der Waals surface area (Å²) in [7, 11) is 0. The summed E-state index contributed by atoms with van der Waals surface area (Å²) in [6, 6.07) is 0. The lowest BCUT2D eigenvalue weighted by atomic mass is 10.3. The van der Waals surface area contributed by atoms with Crippen LogP contribution in [-0.2, 0) is 0 Å². The molecule has 58 valence electrons. The Labute approximate surface area is 64.2 Å². The molecule has 0 aromatic carbocycles. The van der Waals surface area contributed by atoms with Crippen LogP contribution in [0, 0.1) is 0 Å². The minimum atomic E-state index is -2.82. The van der Waals surface area contributed by atoms with Gasteiger partial charge in [0, 0.05) is 0 Å². The van der Waals surface area contributed by atoms with Crippen LogP contribution in [0.2, 0.25) is 0 Å². The molecule has 1 aliphatic carbocycles. The summed E-state index contributed by atoms with van der Waals surface area (Å²) in [5.41, 5.74) is 0. The van der Waals surface area contributed by atoms with E-state index in [4.69, 9.17) is 0 Å². The molecule has 0 spiro atoms. The Bertz CT molecular complexity index is 208. The second-order valence-corrected chi connectivity index (χ2v) is 2.16. The molecule has 0 N–H and O–H groups in total. The summed E-state index contributed by atoms with van der Waals surface area (Å²) in [5.74, 6) is -2.82. The molecular formula is C9H8F2. The third kappa shape index (κ3) is 2.94. The molecule has 0 bridgehead atoms. The smallest absolute Gasteiger partial charge is 0.197 e. The first-order valence-electron chi connectivity index (χ1n) is 3.29. The lowest BCUT2D eigenvalue weighted by Crippen LogP contribution is -2.05. The number of rotatable bonds is 0. The van der Waals surface area contributed by atoms with Gasteiger partial charge < -0.3 is 0 Å². The van der Waals surface area contributed by atoms with E-state index >= 15 is 0 Å². The molecule has 0 heterocycles. The molecule has 0 aromatic rings. The fourth-order valence-electron chi connectivity index (χ4n) is 0.680. The van der Waals surface area contributed by atoms with Gasteiger partial charge in [-0.2, -0.15) is 8.78 Å². The monoisotopic (exact) mass is 154 g/mol. The van der Waals surface area contributed by atoms with Crippen molar-refractivity contribution < 1.29 is 8.78 Å². The highest BCUT2D eigenvalue weighted by Crippen LogP contribution is 2.17. The second-order valence-electron chi connectivity index (χ2n) is 2.16. The molecule has 0 unspecified atom stereocenters. The highest BCUT2D eigenvalue weighted by Gasteiger charge is 2.18. The van der Waals surface area contributed by atoms with Crippen molar-refractivity contribution in [2.24, 2.45) is 0 Å². The number of halogens is 2. The average Bonchev–Trinajstić information content (AvgIpc) is 2.00. The van der Waals surface area contributed by atoms with Crippen LogP contribution in [0.4, 0.5) is 8.78 Å². The van der Waals surface area contributed by atoms with Crippen LogP contribution < -0.4 is 0 Å². The van der Waals surface area contributed by atoms with E-state index in [-0.39, 0.29) is 0 Å². The van der Waals surface area contributed by atoms with Gasteiger partial charge in [0.05, 0.1) is 0 Å². The predicted molar refractivity (Wildman–Crippen MR) is 41.5 cm³/mol. The number of hydrogen-bond donors (Lipinski definition) is 0. The van der Waals surface area contributed by atoms with Crippen LogP contribution in [0.25, 0.3) is 0 Å². The minimum absolute atomic E-state index is 0.854. The van der Waals surface area contributed by atoms with Gasteiger partial charge in [0.15, 0.2) is 0 Å². The summed E-state index contributed by atoms with van der Waals surface area (Å²) < 4.78 is 25.2. The Kier molecular flexibility index (Phi) is 2.36. The molecule has 1 aliphatic rings. The fourth-order valence-corrected chi connectivity index (χ4v) is 0.680. The predicted octanol–water partition coefficient (Wildman–Crippen LogP) is 2.86. The number of alkyl halides is 2. The lowest BCUT2D eigenvalue weighted by Gasteiger charge is -2.02. The molecule has 0 atom stereocenters. The molecule has 1 rings (SSSR count). The van der Waals surface area contributed by atoms with Crippen molar-refractivity contribution in [3.8, 4) is 0 Å². The van der Waals surface area contributed by atoms with E-state index in [9.17, 15) is 8.78 Å². The van der Waals surface area contributed by atoms with Crippen molar-refractivity contribution in [3.05, 3.63) is 48.6 Å². The van der Waals surface area contributed by atoms with E-state index in [1.165, 1.54) is 12.2 Å². The molecule has 0 saturated carbocycles. The van der Waals surface area contributed by atoms with Crippen LogP contribution in [0.5, 0.6) is 0 Å². The van der Waals surface area contributed by atoms with Crippen LogP contribution in [0.1, 0.15) is 0 Å². The van der Waals surface area contributed by atoms with Gasteiger partial charge in [0.2, 0.25) is 0 Å². The highest BCUT2D eigenvalue weighted by atomic mass is 19.3. The van der Waals surface area contributed by atoms with E-state index in [0.717, 1.165) is 12.2 Å². The molecule has 0 radical (unpaired) electrons. The summed E-state index contributed by atoms with van der Waals surface area (Å²) >= 11 is 0. The van der Waals surface area contributed by atoms with Gasteiger partial charge in [0.1, 0.15) is 0 Å². The Balaban J connectivity index is 2.86. The molecule has 11 heavy (non-hydrogen) atoms. The maximum absolute atomic E-state index is 12.6. The minimum Gasteiger partial charge on any atom is -0.197 e. The zero-order valence-corrected chi connectivity index (χ0v) is 5.87. The molecule has 0 aliphatic heterocycles. The molecule has 0 amide bonds. The summed E-state index contributed by atoms with van der Waals surface area (Å²) in [6.07, 6.45) is 10.9. The van der Waals surface area contributed by atoms with E-state index < -0.39 is 5.92 Å². The van der Waals surface area contributed by atoms with Gasteiger partial charge in [-0.3, -0.25) is 0 Å². The van der Waals surface area contributed by atoms with Crippen molar-refractivity contribution in [2.45, 2.75) is 5.92 Å². The van der Waals surface area contributed by atoms with E-state index in [1.54, 1.807) is 24.3 Å².